The number of benzene rings is 2. The Labute approximate surface area is 159 Å². The van der Waals surface area contributed by atoms with Crippen LogP contribution < -0.4 is 9.88 Å². The van der Waals surface area contributed by atoms with Crippen LogP contribution >= 0.6 is 0 Å². The summed E-state index contributed by atoms with van der Waals surface area (Å²) in [6.45, 7) is 4.69. The second-order valence-electron chi connectivity index (χ2n) is 6.82. The molecule has 0 spiro atoms. The molecule has 0 aliphatic heterocycles. The number of nitrogens with one attached hydrogen (secondary N) is 1. The van der Waals surface area contributed by atoms with Gasteiger partial charge < -0.3 is 5.32 Å². The van der Waals surface area contributed by atoms with E-state index in [2.05, 4.69) is 38.7 Å². The maximum Gasteiger partial charge on any atom is 0.289 e. The topological polar surface area (TPSA) is 55.0 Å². The lowest BCUT2D eigenvalue weighted by Gasteiger charge is -2.08. The Balaban J connectivity index is 1.88. The van der Waals surface area contributed by atoms with Crippen molar-refractivity contribution in [2.45, 2.75) is 26.8 Å². The zero-order chi connectivity index (χ0) is 19.4. The number of hydrogen-bond acceptors (Lipinski definition) is 2. The van der Waals surface area contributed by atoms with Crippen molar-refractivity contribution in [3.63, 3.8) is 0 Å². The van der Waals surface area contributed by atoms with E-state index in [4.69, 9.17) is 0 Å². The van der Waals surface area contributed by atoms with Crippen molar-refractivity contribution in [3.8, 4) is 11.4 Å². The molecule has 0 radical (unpaired) electrons. The average molecular weight is 364 g/mol. The van der Waals surface area contributed by atoms with Crippen LogP contribution in [-0.2, 0) is 23.2 Å². The van der Waals surface area contributed by atoms with Gasteiger partial charge in [0.2, 0.25) is 5.78 Å². The maximum absolute atomic E-state index is 12.1. The van der Waals surface area contributed by atoms with Gasteiger partial charge in [-0.2, -0.15) is 0 Å². The first-order valence-corrected chi connectivity index (χ1v) is 9.39. The first-order valence-electron chi connectivity index (χ1n) is 9.39. The molecule has 0 saturated carbocycles. The molecule has 5 nitrogen and oxygen atoms in total. The fraction of sp³-hybridized carbons (Fsp3) is 0.318. The standard InChI is InChI=1S/C22H25N3O2/c1-4-16(2)20(26)21(27)23-14-15-25-19-13-9-8-12-18(19)24(3)22(25)17-10-6-5-7-11-17/h5-13,16H,4,14-15H2,1-3H3/p+1. The third-order valence-electron chi connectivity index (χ3n) is 5.04. The number of aryl methyl sites for hydroxylation is 1. The van der Waals surface area contributed by atoms with Crippen LogP contribution in [0.3, 0.4) is 0 Å². The molecule has 1 atom stereocenters. The maximum atomic E-state index is 12.1. The molecule has 1 aromatic heterocycles. The van der Waals surface area contributed by atoms with E-state index in [1.54, 1.807) is 6.92 Å². The largest absolute Gasteiger partial charge is 0.346 e. The molecule has 0 saturated heterocycles. The van der Waals surface area contributed by atoms with Crippen LogP contribution in [0.2, 0.25) is 0 Å². The monoisotopic (exact) mass is 364 g/mol. The Morgan fingerprint density at radius 3 is 2.44 bits per heavy atom. The predicted octanol–water partition coefficient (Wildman–Crippen LogP) is 2.86. The van der Waals surface area contributed by atoms with Gasteiger partial charge in [-0.3, -0.25) is 9.59 Å². The molecule has 1 amide bonds. The van der Waals surface area contributed by atoms with Crippen molar-refractivity contribution < 1.29 is 14.2 Å². The molecule has 140 valence electrons. The third-order valence-corrected chi connectivity index (χ3v) is 5.04. The number of para-hydroxylation sites is 2. The molecule has 0 aliphatic carbocycles. The van der Waals surface area contributed by atoms with Crippen molar-refractivity contribution >= 4 is 22.7 Å². The summed E-state index contributed by atoms with van der Waals surface area (Å²) in [5.41, 5.74) is 3.33. The number of carbonyl (C=O) groups is 2. The van der Waals surface area contributed by atoms with Gasteiger partial charge in [-0.25, -0.2) is 9.13 Å². The van der Waals surface area contributed by atoms with Gasteiger partial charge in [0.15, 0.2) is 11.0 Å². The summed E-state index contributed by atoms with van der Waals surface area (Å²) < 4.78 is 4.36. The number of ketones is 1. The van der Waals surface area contributed by atoms with E-state index in [0.29, 0.717) is 19.5 Å². The lowest BCUT2D eigenvalue weighted by molar-refractivity contribution is -0.634. The Morgan fingerprint density at radius 1 is 1.07 bits per heavy atom. The number of carbonyl (C=O) groups excluding carboxylic acids is 2. The minimum Gasteiger partial charge on any atom is -0.346 e. The summed E-state index contributed by atoms with van der Waals surface area (Å²) in [7, 11) is 2.05. The minimum absolute atomic E-state index is 0.241. The van der Waals surface area contributed by atoms with E-state index < -0.39 is 5.91 Å². The average Bonchev–Trinajstić information content (AvgIpc) is 2.99. The Hall–Kier alpha value is -2.95. The highest BCUT2D eigenvalue weighted by Crippen LogP contribution is 2.22. The smallest absolute Gasteiger partial charge is 0.289 e. The molecule has 0 bridgehead atoms. The number of fused-ring (bicyclic) bond motifs is 1. The summed E-state index contributed by atoms with van der Waals surface area (Å²) in [5, 5.41) is 2.78. The molecular weight excluding hydrogens is 338 g/mol. The van der Waals surface area contributed by atoms with Crippen LogP contribution in [-0.4, -0.2) is 22.8 Å². The van der Waals surface area contributed by atoms with Crippen LogP contribution in [0.15, 0.2) is 54.6 Å². The van der Waals surface area contributed by atoms with Gasteiger partial charge in [0.1, 0.15) is 6.54 Å². The molecule has 27 heavy (non-hydrogen) atoms. The van der Waals surface area contributed by atoms with Crippen LogP contribution in [0.4, 0.5) is 0 Å². The molecular formula is C22H26N3O2+. The molecule has 1 heterocycles. The van der Waals surface area contributed by atoms with Crippen LogP contribution in [0.1, 0.15) is 20.3 Å². The van der Waals surface area contributed by atoms with Gasteiger partial charge in [-0.1, -0.05) is 44.2 Å². The fourth-order valence-electron chi connectivity index (χ4n) is 3.33. The van der Waals surface area contributed by atoms with Crippen LogP contribution in [0, 0.1) is 5.92 Å². The van der Waals surface area contributed by atoms with Crippen molar-refractivity contribution in [3.05, 3.63) is 54.6 Å². The number of rotatable bonds is 7. The van der Waals surface area contributed by atoms with E-state index in [1.165, 1.54) is 0 Å². The van der Waals surface area contributed by atoms with Gasteiger partial charge in [-0.15, -0.1) is 0 Å². The number of imidazole rings is 1. The van der Waals surface area contributed by atoms with E-state index in [-0.39, 0.29) is 11.7 Å². The second-order valence-corrected chi connectivity index (χ2v) is 6.82. The molecule has 1 unspecified atom stereocenters. The van der Waals surface area contributed by atoms with Crippen molar-refractivity contribution in [1.82, 2.24) is 9.88 Å². The van der Waals surface area contributed by atoms with Crippen LogP contribution in [0.5, 0.6) is 0 Å². The van der Waals surface area contributed by atoms with Gasteiger partial charge in [-0.05, 0) is 30.7 Å². The predicted molar refractivity (Wildman–Crippen MR) is 106 cm³/mol. The molecule has 2 aromatic carbocycles. The van der Waals surface area contributed by atoms with E-state index in [0.717, 1.165) is 22.4 Å². The van der Waals surface area contributed by atoms with Gasteiger partial charge >= 0.3 is 0 Å². The van der Waals surface area contributed by atoms with E-state index >= 15 is 0 Å². The minimum atomic E-state index is -0.494. The number of Topliss-reactive ketones (excluding diaryl/α,β-unsaturated/α-hetero) is 1. The summed E-state index contributed by atoms with van der Waals surface area (Å²) in [6.07, 6.45) is 0.669. The lowest BCUT2D eigenvalue weighted by Crippen LogP contribution is -2.36. The Morgan fingerprint density at radius 2 is 1.74 bits per heavy atom. The molecule has 3 rings (SSSR count). The number of hydrogen-bond donors (Lipinski definition) is 1. The van der Waals surface area contributed by atoms with Gasteiger partial charge in [0.05, 0.1) is 19.2 Å². The zero-order valence-electron chi connectivity index (χ0n) is 16.1. The fourth-order valence-corrected chi connectivity index (χ4v) is 3.33. The van der Waals surface area contributed by atoms with Crippen LogP contribution in [0.25, 0.3) is 22.4 Å². The molecule has 0 aliphatic rings. The van der Waals surface area contributed by atoms with Crippen molar-refractivity contribution in [2.75, 3.05) is 6.54 Å². The SMILES string of the molecule is CCC(C)C(=O)C(=O)NCCn1c(-c2ccccc2)[n+](C)c2ccccc21. The molecule has 5 heteroatoms. The summed E-state index contributed by atoms with van der Waals surface area (Å²) in [4.78, 5) is 24.1. The lowest BCUT2D eigenvalue weighted by atomic mass is 10.0. The first-order chi connectivity index (χ1) is 13.0. The zero-order valence-corrected chi connectivity index (χ0v) is 16.1. The highest BCUT2D eigenvalue weighted by atomic mass is 16.2. The normalized spacial score (nSPS) is 12.1. The quantitative estimate of drug-likeness (QED) is 0.518. The summed E-state index contributed by atoms with van der Waals surface area (Å²) in [6, 6.07) is 18.4. The Kier molecular flexibility index (Phi) is 5.69. The number of aromatic nitrogens is 2. The molecule has 0 fully saturated rings. The molecule has 3 aromatic rings. The number of amides is 1. The van der Waals surface area contributed by atoms with E-state index in [1.807, 2.05) is 44.3 Å². The summed E-state index contributed by atoms with van der Waals surface area (Å²) in [5.74, 6) is -0.00968. The highest BCUT2D eigenvalue weighted by molar-refractivity contribution is 6.36. The first kappa shape index (κ1) is 18.8. The number of nitrogens with zero attached hydrogens (tertiary/aromatic N) is 2. The molecule has 1 N–H and O–H groups in total. The summed E-state index contributed by atoms with van der Waals surface area (Å²) >= 11 is 0. The third kappa shape index (κ3) is 3.77. The van der Waals surface area contributed by atoms with Gasteiger partial charge in [0, 0.05) is 5.92 Å². The van der Waals surface area contributed by atoms with E-state index in [9.17, 15) is 9.59 Å². The van der Waals surface area contributed by atoms with Gasteiger partial charge in [0.25, 0.3) is 11.7 Å². The van der Waals surface area contributed by atoms with Crippen molar-refractivity contribution in [2.24, 2.45) is 13.0 Å². The van der Waals surface area contributed by atoms with Crippen molar-refractivity contribution in [1.29, 1.82) is 0 Å². The second kappa shape index (κ2) is 8.16. The Bertz CT molecular complexity index is 960. The highest BCUT2D eigenvalue weighted by Gasteiger charge is 2.24.